The predicted molar refractivity (Wildman–Crippen MR) is 68.4 cm³/mol. The lowest BCUT2D eigenvalue weighted by Crippen LogP contribution is -2.22. The largest absolute Gasteiger partial charge is 0.865 e. The Hall–Kier alpha value is -3.10. The van der Waals surface area contributed by atoms with Crippen LogP contribution in [-0.4, -0.2) is 23.5 Å². The third-order valence-electron chi connectivity index (χ3n) is 2.59. The maximum absolute atomic E-state index is 11.8. The molecule has 1 aliphatic rings. The summed E-state index contributed by atoms with van der Waals surface area (Å²) in [7, 11) is 0. The van der Waals surface area contributed by atoms with Gasteiger partial charge in [-0.25, -0.2) is 4.79 Å². The summed E-state index contributed by atoms with van der Waals surface area (Å²) in [6.07, 6.45) is 1.22. The van der Waals surface area contributed by atoms with Gasteiger partial charge in [-0.1, -0.05) is 0 Å². The van der Waals surface area contributed by atoms with Crippen LogP contribution in [0.5, 0.6) is 11.5 Å². The van der Waals surface area contributed by atoms with Gasteiger partial charge in [-0.15, -0.1) is 0 Å². The molecule has 21 heavy (non-hydrogen) atoms. The van der Waals surface area contributed by atoms with E-state index in [0.29, 0.717) is 0 Å². The van der Waals surface area contributed by atoms with E-state index in [1.54, 1.807) is 6.92 Å². The summed E-state index contributed by atoms with van der Waals surface area (Å²) in [5.74, 6) is -1.70. The van der Waals surface area contributed by atoms with Crippen molar-refractivity contribution in [3.05, 3.63) is 33.5 Å². The number of amides is 3. The first kappa shape index (κ1) is 14.3. The number of imide groups is 1. The van der Waals surface area contributed by atoms with Gasteiger partial charge in [0.1, 0.15) is 11.4 Å². The Balaban J connectivity index is 2.49. The van der Waals surface area contributed by atoms with Crippen LogP contribution < -0.4 is 20.5 Å². The number of ether oxygens (including phenoxy) is 1. The lowest BCUT2D eigenvalue weighted by atomic mass is 10.1. The second-order valence-electron chi connectivity index (χ2n) is 4.02. The maximum atomic E-state index is 11.8. The van der Waals surface area contributed by atoms with Crippen LogP contribution in [0.15, 0.2) is 17.8 Å². The van der Waals surface area contributed by atoms with Crippen LogP contribution in [-0.2, 0) is 4.79 Å². The number of nitro benzene ring substituents is 1. The molecule has 2 rings (SSSR count). The van der Waals surface area contributed by atoms with Gasteiger partial charge in [-0.2, -0.15) is 0 Å². The van der Waals surface area contributed by atoms with Gasteiger partial charge in [0.05, 0.1) is 11.5 Å². The van der Waals surface area contributed by atoms with Crippen molar-refractivity contribution in [2.24, 2.45) is 0 Å². The number of nitro groups is 1. The molecular formula is C12H10N3O6-. The van der Waals surface area contributed by atoms with E-state index in [-0.39, 0.29) is 23.6 Å². The Bertz CT molecular complexity index is 667. The van der Waals surface area contributed by atoms with E-state index in [1.165, 1.54) is 12.1 Å². The first-order valence-electron chi connectivity index (χ1n) is 5.88. The number of carbonyl (C=O) groups is 2. The summed E-state index contributed by atoms with van der Waals surface area (Å²) in [6, 6.07) is 1.59. The van der Waals surface area contributed by atoms with Crippen LogP contribution in [0.4, 0.5) is 10.5 Å². The topological polar surface area (TPSA) is 134 Å². The van der Waals surface area contributed by atoms with Gasteiger partial charge in [-0.05, 0) is 24.6 Å². The number of hydrogen-bond acceptors (Lipinski definition) is 6. The number of hydrogen-bond donors (Lipinski definition) is 2. The molecule has 0 aliphatic carbocycles. The van der Waals surface area contributed by atoms with Crippen molar-refractivity contribution in [2.75, 3.05) is 6.61 Å². The fraction of sp³-hybridized carbons (Fsp3) is 0.167. The van der Waals surface area contributed by atoms with Crippen LogP contribution in [0.3, 0.4) is 0 Å². The first-order chi connectivity index (χ1) is 9.92. The maximum Gasteiger partial charge on any atom is 0.326 e. The highest BCUT2D eigenvalue weighted by Gasteiger charge is 2.23. The third-order valence-corrected chi connectivity index (χ3v) is 2.59. The van der Waals surface area contributed by atoms with Crippen molar-refractivity contribution in [2.45, 2.75) is 6.92 Å². The minimum absolute atomic E-state index is 0.0737. The van der Waals surface area contributed by atoms with E-state index in [4.69, 9.17) is 4.74 Å². The monoisotopic (exact) mass is 292 g/mol. The van der Waals surface area contributed by atoms with Gasteiger partial charge in [0.25, 0.3) is 11.6 Å². The second-order valence-corrected chi connectivity index (χ2v) is 4.02. The molecule has 2 N–H and O–H groups in total. The van der Waals surface area contributed by atoms with Crippen molar-refractivity contribution < 1.29 is 24.4 Å². The van der Waals surface area contributed by atoms with E-state index >= 15 is 0 Å². The smallest absolute Gasteiger partial charge is 0.326 e. The van der Waals surface area contributed by atoms with Gasteiger partial charge < -0.3 is 15.2 Å². The summed E-state index contributed by atoms with van der Waals surface area (Å²) >= 11 is 0. The van der Waals surface area contributed by atoms with Crippen LogP contribution in [0.25, 0.3) is 6.08 Å². The molecule has 1 fully saturated rings. The van der Waals surface area contributed by atoms with Crippen LogP contribution in [0, 0.1) is 10.1 Å². The van der Waals surface area contributed by atoms with E-state index in [1.807, 2.05) is 5.32 Å². The van der Waals surface area contributed by atoms with E-state index < -0.39 is 28.3 Å². The number of rotatable bonds is 4. The highest BCUT2D eigenvalue weighted by Crippen LogP contribution is 2.35. The Kier molecular flexibility index (Phi) is 3.74. The lowest BCUT2D eigenvalue weighted by molar-refractivity contribution is -0.398. The molecule has 1 heterocycles. The third kappa shape index (κ3) is 2.91. The molecule has 0 bridgehead atoms. The average Bonchev–Trinajstić information content (AvgIpc) is 2.71. The molecule has 0 atom stereocenters. The summed E-state index contributed by atoms with van der Waals surface area (Å²) in [5, 5.41) is 26.9. The standard InChI is InChI=1S/C12H11N3O6/c1-2-21-9-5-6(4-8(10(9)16)15(19)20)3-7-11(17)14-12(18)13-7/h3-5,16H,2H2,1H3,(H2,13,14,17,18)/p-1/b7-3-. The van der Waals surface area contributed by atoms with Gasteiger partial charge in [0.2, 0.25) is 0 Å². The van der Waals surface area contributed by atoms with E-state index in [2.05, 4.69) is 5.32 Å². The molecular weight excluding hydrogens is 282 g/mol. The quantitative estimate of drug-likeness (QED) is 0.353. The van der Waals surface area contributed by atoms with Crippen LogP contribution in [0.1, 0.15) is 12.5 Å². The molecule has 9 nitrogen and oxygen atoms in total. The Labute approximate surface area is 118 Å². The number of benzene rings is 1. The average molecular weight is 292 g/mol. The molecule has 1 saturated heterocycles. The van der Waals surface area contributed by atoms with Crippen molar-refractivity contribution >= 4 is 23.7 Å². The molecule has 0 saturated carbocycles. The van der Waals surface area contributed by atoms with Crippen molar-refractivity contribution in [1.29, 1.82) is 0 Å². The molecule has 0 aromatic heterocycles. The molecule has 0 radical (unpaired) electrons. The summed E-state index contributed by atoms with van der Waals surface area (Å²) in [5.41, 5.74) is -0.551. The minimum Gasteiger partial charge on any atom is -0.865 e. The highest BCUT2D eigenvalue weighted by atomic mass is 16.6. The van der Waals surface area contributed by atoms with Gasteiger partial charge in [-0.3, -0.25) is 20.2 Å². The molecule has 9 heteroatoms. The summed E-state index contributed by atoms with van der Waals surface area (Å²) in [6.45, 7) is 1.78. The fourth-order valence-electron chi connectivity index (χ4n) is 1.74. The number of urea groups is 1. The van der Waals surface area contributed by atoms with Crippen molar-refractivity contribution in [3.63, 3.8) is 0 Å². The zero-order valence-corrected chi connectivity index (χ0v) is 10.8. The second kappa shape index (κ2) is 5.49. The summed E-state index contributed by atoms with van der Waals surface area (Å²) < 4.78 is 5.05. The normalized spacial score (nSPS) is 15.8. The lowest BCUT2D eigenvalue weighted by Gasteiger charge is -2.14. The van der Waals surface area contributed by atoms with Gasteiger partial charge >= 0.3 is 6.03 Å². The van der Waals surface area contributed by atoms with E-state index in [0.717, 1.165) is 6.07 Å². The molecule has 1 aliphatic heterocycles. The zero-order valence-electron chi connectivity index (χ0n) is 10.8. The summed E-state index contributed by atoms with van der Waals surface area (Å²) in [4.78, 5) is 32.4. The number of nitrogens with one attached hydrogen (secondary N) is 2. The highest BCUT2D eigenvalue weighted by molar-refractivity contribution is 6.14. The first-order valence-corrected chi connectivity index (χ1v) is 5.88. The van der Waals surface area contributed by atoms with Crippen LogP contribution in [0.2, 0.25) is 0 Å². The molecule has 0 spiro atoms. The molecule has 1 aromatic rings. The number of carbonyl (C=O) groups excluding carboxylic acids is 2. The Morgan fingerprint density at radius 2 is 2.05 bits per heavy atom. The molecule has 3 amide bonds. The van der Waals surface area contributed by atoms with Crippen molar-refractivity contribution in [1.82, 2.24) is 10.6 Å². The van der Waals surface area contributed by atoms with Gasteiger partial charge in [0.15, 0.2) is 0 Å². The SMILES string of the molecule is CCOc1cc(/C=C2\NC(=O)NC2=O)cc([N+](=O)[O-])c1[O-]. The number of nitrogens with zero attached hydrogens (tertiary/aromatic N) is 1. The van der Waals surface area contributed by atoms with Crippen molar-refractivity contribution in [3.8, 4) is 11.5 Å². The molecule has 0 unspecified atom stereocenters. The zero-order chi connectivity index (χ0) is 15.6. The van der Waals surface area contributed by atoms with E-state index in [9.17, 15) is 24.8 Å². The Morgan fingerprint density at radius 1 is 1.33 bits per heavy atom. The Morgan fingerprint density at radius 3 is 2.57 bits per heavy atom. The molecule has 1 aromatic carbocycles. The fourth-order valence-corrected chi connectivity index (χ4v) is 1.74. The predicted octanol–water partition coefficient (Wildman–Crippen LogP) is 0.247. The van der Waals surface area contributed by atoms with Crippen LogP contribution >= 0.6 is 0 Å². The molecule has 110 valence electrons. The minimum atomic E-state index is -0.844. The van der Waals surface area contributed by atoms with Gasteiger partial charge in [0, 0.05) is 11.8 Å².